The van der Waals surface area contributed by atoms with Gasteiger partial charge in [-0.25, -0.2) is 4.98 Å². The Morgan fingerprint density at radius 1 is 1.50 bits per heavy atom. The highest BCUT2D eigenvalue weighted by molar-refractivity contribution is 5.79. The minimum absolute atomic E-state index is 0.0268. The first kappa shape index (κ1) is 14.2. The second-order valence-corrected chi connectivity index (χ2v) is 3.94. The highest BCUT2D eigenvalue weighted by atomic mass is 16.3. The molecular formula is C11H19N5O2. The lowest BCUT2D eigenvalue weighted by Gasteiger charge is -2.11. The Balaban J connectivity index is 2.64. The molecule has 100 valence electrons. The van der Waals surface area contributed by atoms with Gasteiger partial charge >= 0.3 is 0 Å². The fourth-order valence-corrected chi connectivity index (χ4v) is 1.28. The van der Waals surface area contributed by atoms with Gasteiger partial charge in [0.25, 0.3) is 0 Å². The van der Waals surface area contributed by atoms with E-state index in [0.717, 1.165) is 18.7 Å². The number of anilines is 2. The summed E-state index contributed by atoms with van der Waals surface area (Å²) in [5.74, 6) is 0.298. The molecule has 1 atom stereocenters. The number of aliphatic hydroxyl groups is 1. The van der Waals surface area contributed by atoms with Gasteiger partial charge in [-0.3, -0.25) is 4.79 Å². The smallest absolute Gasteiger partial charge is 0.248 e. The van der Waals surface area contributed by atoms with E-state index >= 15 is 0 Å². The van der Waals surface area contributed by atoms with Gasteiger partial charge in [0, 0.05) is 18.3 Å². The highest BCUT2D eigenvalue weighted by Crippen LogP contribution is 2.09. The summed E-state index contributed by atoms with van der Waals surface area (Å²) in [4.78, 5) is 19.1. The fourth-order valence-electron chi connectivity index (χ4n) is 1.28. The zero-order valence-corrected chi connectivity index (χ0v) is 10.6. The third kappa shape index (κ3) is 4.54. The molecule has 7 nitrogen and oxygen atoms in total. The Morgan fingerprint density at radius 2 is 2.22 bits per heavy atom. The molecule has 5 N–H and O–H groups in total. The van der Waals surface area contributed by atoms with Crippen LogP contribution >= 0.6 is 0 Å². The van der Waals surface area contributed by atoms with E-state index in [1.54, 1.807) is 6.07 Å². The third-order valence-electron chi connectivity index (χ3n) is 2.19. The van der Waals surface area contributed by atoms with Crippen molar-refractivity contribution in [3.05, 3.63) is 11.8 Å². The summed E-state index contributed by atoms with van der Waals surface area (Å²) in [7, 11) is 0. The summed E-state index contributed by atoms with van der Waals surface area (Å²) < 4.78 is 0. The van der Waals surface area contributed by atoms with Gasteiger partial charge in [0.2, 0.25) is 11.9 Å². The molecule has 0 aliphatic carbocycles. The van der Waals surface area contributed by atoms with Crippen LogP contribution in [0.5, 0.6) is 0 Å². The molecule has 0 aliphatic heterocycles. The molecule has 0 aromatic carbocycles. The number of amides is 1. The zero-order chi connectivity index (χ0) is 13.5. The normalized spacial score (nSPS) is 11.9. The maximum absolute atomic E-state index is 10.7. The summed E-state index contributed by atoms with van der Waals surface area (Å²) in [6.07, 6.45) is -0.257. The molecule has 0 radical (unpaired) electrons. The van der Waals surface area contributed by atoms with Crippen LogP contribution in [-0.2, 0) is 4.79 Å². The van der Waals surface area contributed by atoms with Crippen molar-refractivity contribution in [2.75, 3.05) is 23.7 Å². The van der Waals surface area contributed by atoms with E-state index in [9.17, 15) is 9.90 Å². The van der Waals surface area contributed by atoms with Crippen LogP contribution in [0.3, 0.4) is 0 Å². The van der Waals surface area contributed by atoms with Crippen LogP contribution in [-0.4, -0.2) is 40.2 Å². The maximum atomic E-state index is 10.7. The van der Waals surface area contributed by atoms with Crippen molar-refractivity contribution < 1.29 is 9.90 Å². The van der Waals surface area contributed by atoms with Crippen molar-refractivity contribution in [1.29, 1.82) is 0 Å². The monoisotopic (exact) mass is 253 g/mol. The standard InChI is InChI=1S/C11H19N5O2/c1-3-4-13-11-15-7(2)5-9(16-11)14-6-8(17)10(12)18/h5,8,17H,3-4,6H2,1-2H3,(H2,12,18)(H2,13,14,15,16). The molecule has 0 bridgehead atoms. The van der Waals surface area contributed by atoms with Gasteiger partial charge in [0.15, 0.2) is 0 Å². The van der Waals surface area contributed by atoms with Gasteiger partial charge in [-0.05, 0) is 13.3 Å². The Labute approximate surface area is 106 Å². The number of nitrogens with one attached hydrogen (secondary N) is 2. The molecule has 1 amide bonds. The number of rotatable bonds is 7. The Morgan fingerprint density at radius 3 is 2.83 bits per heavy atom. The summed E-state index contributed by atoms with van der Waals surface area (Å²) in [6, 6.07) is 1.73. The van der Waals surface area contributed by atoms with Crippen LogP contribution < -0.4 is 16.4 Å². The highest BCUT2D eigenvalue weighted by Gasteiger charge is 2.10. The van der Waals surface area contributed by atoms with E-state index in [1.165, 1.54) is 0 Å². The largest absolute Gasteiger partial charge is 0.381 e. The molecule has 7 heteroatoms. The molecular weight excluding hydrogens is 234 g/mol. The topological polar surface area (TPSA) is 113 Å². The molecule has 1 rings (SSSR count). The number of aliphatic hydroxyl groups excluding tert-OH is 1. The average molecular weight is 253 g/mol. The molecule has 1 aromatic heterocycles. The molecule has 0 fully saturated rings. The van der Waals surface area contributed by atoms with Gasteiger partial charge in [-0.15, -0.1) is 0 Å². The van der Waals surface area contributed by atoms with E-state index < -0.39 is 12.0 Å². The fraction of sp³-hybridized carbons (Fsp3) is 0.545. The molecule has 0 spiro atoms. The number of carbonyl (C=O) groups is 1. The van der Waals surface area contributed by atoms with E-state index in [2.05, 4.69) is 20.6 Å². The summed E-state index contributed by atoms with van der Waals surface area (Å²) in [5.41, 5.74) is 5.74. The Kier molecular flexibility index (Phi) is 5.31. The number of aromatic nitrogens is 2. The molecule has 18 heavy (non-hydrogen) atoms. The first-order valence-corrected chi connectivity index (χ1v) is 5.83. The summed E-state index contributed by atoms with van der Waals surface area (Å²) in [5, 5.41) is 15.2. The molecule has 0 aliphatic rings. The second-order valence-electron chi connectivity index (χ2n) is 3.94. The third-order valence-corrected chi connectivity index (χ3v) is 2.19. The predicted octanol–water partition coefficient (Wildman–Crippen LogP) is -0.135. The van der Waals surface area contributed by atoms with Crippen LogP contribution in [0.1, 0.15) is 19.0 Å². The summed E-state index contributed by atoms with van der Waals surface area (Å²) in [6.45, 7) is 4.70. The molecule has 1 heterocycles. The van der Waals surface area contributed by atoms with Crippen molar-refractivity contribution >= 4 is 17.7 Å². The predicted molar refractivity (Wildman–Crippen MR) is 69.2 cm³/mol. The van der Waals surface area contributed by atoms with Crippen molar-refractivity contribution in [2.45, 2.75) is 26.4 Å². The Hall–Kier alpha value is -1.89. The van der Waals surface area contributed by atoms with E-state index in [1.807, 2.05) is 13.8 Å². The zero-order valence-electron chi connectivity index (χ0n) is 10.6. The lowest BCUT2D eigenvalue weighted by atomic mass is 10.3. The minimum Gasteiger partial charge on any atom is -0.381 e. The van der Waals surface area contributed by atoms with Crippen molar-refractivity contribution in [2.24, 2.45) is 5.73 Å². The number of nitrogens with two attached hydrogens (primary N) is 1. The maximum Gasteiger partial charge on any atom is 0.248 e. The lowest BCUT2D eigenvalue weighted by molar-refractivity contribution is -0.125. The molecule has 1 unspecified atom stereocenters. The molecule has 0 saturated heterocycles. The number of primary amides is 1. The van der Waals surface area contributed by atoms with Crippen molar-refractivity contribution in [3.63, 3.8) is 0 Å². The molecule has 0 saturated carbocycles. The van der Waals surface area contributed by atoms with Gasteiger partial charge in [-0.2, -0.15) is 4.98 Å². The number of aryl methyl sites for hydroxylation is 1. The quantitative estimate of drug-likeness (QED) is 0.538. The van der Waals surface area contributed by atoms with E-state index in [0.29, 0.717) is 11.8 Å². The average Bonchev–Trinajstić information content (AvgIpc) is 2.32. The van der Waals surface area contributed by atoms with Gasteiger partial charge in [-0.1, -0.05) is 6.92 Å². The first-order valence-electron chi connectivity index (χ1n) is 5.83. The number of hydrogen-bond donors (Lipinski definition) is 4. The van der Waals surface area contributed by atoms with Crippen LogP contribution in [0, 0.1) is 6.92 Å². The van der Waals surface area contributed by atoms with Crippen LogP contribution in [0.2, 0.25) is 0 Å². The van der Waals surface area contributed by atoms with Crippen LogP contribution in [0.25, 0.3) is 0 Å². The van der Waals surface area contributed by atoms with E-state index in [-0.39, 0.29) is 6.54 Å². The first-order chi connectivity index (χ1) is 8.52. The minimum atomic E-state index is -1.23. The second kappa shape index (κ2) is 6.75. The van der Waals surface area contributed by atoms with Crippen molar-refractivity contribution in [3.8, 4) is 0 Å². The van der Waals surface area contributed by atoms with Crippen LogP contribution in [0.15, 0.2) is 6.07 Å². The van der Waals surface area contributed by atoms with Crippen LogP contribution in [0.4, 0.5) is 11.8 Å². The van der Waals surface area contributed by atoms with Gasteiger partial charge < -0.3 is 21.5 Å². The number of hydrogen-bond acceptors (Lipinski definition) is 6. The Bertz CT molecular complexity index is 410. The van der Waals surface area contributed by atoms with Crippen molar-refractivity contribution in [1.82, 2.24) is 9.97 Å². The SMILES string of the molecule is CCCNc1nc(C)cc(NCC(O)C(N)=O)n1. The van der Waals surface area contributed by atoms with Gasteiger partial charge in [0.05, 0.1) is 6.54 Å². The number of nitrogens with zero attached hydrogens (tertiary/aromatic N) is 2. The number of carbonyl (C=O) groups excluding carboxylic acids is 1. The molecule has 1 aromatic rings. The van der Waals surface area contributed by atoms with E-state index in [4.69, 9.17) is 5.73 Å². The van der Waals surface area contributed by atoms with Gasteiger partial charge in [0.1, 0.15) is 11.9 Å². The lowest BCUT2D eigenvalue weighted by Crippen LogP contribution is -2.34. The summed E-state index contributed by atoms with van der Waals surface area (Å²) >= 11 is 0.